The van der Waals surface area contributed by atoms with Crippen LogP contribution in [0, 0.1) is 17.3 Å². The predicted molar refractivity (Wildman–Crippen MR) is 102 cm³/mol. The van der Waals surface area contributed by atoms with Crippen LogP contribution in [0.3, 0.4) is 0 Å². The highest BCUT2D eigenvalue weighted by Gasteiger charge is 2.69. The fraction of sp³-hybridized carbons (Fsp3) is 0.789. The van der Waals surface area contributed by atoms with Crippen molar-refractivity contribution in [2.45, 2.75) is 69.9 Å². The maximum absolute atomic E-state index is 12.2. The zero-order valence-corrected chi connectivity index (χ0v) is 16.6. The minimum absolute atomic E-state index is 0.0774. The molecule has 1 aromatic heterocycles. The molecule has 0 spiro atoms. The number of hydrogen-bond acceptors (Lipinski definition) is 7. The monoisotopic (exact) mass is 389 g/mol. The molecule has 5 aliphatic rings. The smallest absolute Gasteiger partial charge is 0.405 e. The number of nitrogen functional groups attached to an aromatic ring is 1. The molecule has 1 unspecified atom stereocenters. The van der Waals surface area contributed by atoms with E-state index >= 15 is 0 Å². The van der Waals surface area contributed by atoms with Crippen molar-refractivity contribution in [3.05, 3.63) is 22.7 Å². The fourth-order valence-electron chi connectivity index (χ4n) is 6.11. The summed E-state index contributed by atoms with van der Waals surface area (Å²) in [5.74, 6) is 1.18. The van der Waals surface area contributed by atoms with Crippen molar-refractivity contribution >= 4 is 12.9 Å². The molecule has 6 rings (SSSR count). The number of ether oxygens (including phenoxy) is 1. The van der Waals surface area contributed by atoms with Crippen molar-refractivity contribution in [1.82, 2.24) is 9.55 Å². The van der Waals surface area contributed by atoms with Gasteiger partial charge in [0.25, 0.3) is 0 Å². The Morgan fingerprint density at radius 3 is 2.82 bits per heavy atom. The zero-order valence-electron chi connectivity index (χ0n) is 16.6. The lowest BCUT2D eigenvalue weighted by atomic mass is 9.43. The minimum atomic E-state index is -0.518. The van der Waals surface area contributed by atoms with Crippen LogP contribution in [0.25, 0.3) is 0 Å². The van der Waals surface area contributed by atoms with Crippen LogP contribution in [0.1, 0.15) is 46.3 Å². The Labute approximate surface area is 164 Å². The number of aliphatic hydroxyl groups excluding tert-OH is 1. The first kappa shape index (κ1) is 18.6. The lowest BCUT2D eigenvalue weighted by Crippen LogP contribution is -2.65. The molecule has 0 amide bonds. The molecule has 0 radical (unpaired) electrons. The van der Waals surface area contributed by atoms with Crippen LogP contribution in [0.15, 0.2) is 17.1 Å². The summed E-state index contributed by atoms with van der Waals surface area (Å²) in [5.41, 5.74) is 5.09. The summed E-state index contributed by atoms with van der Waals surface area (Å²) in [6.45, 7) is 6.68. The maximum atomic E-state index is 12.2. The van der Waals surface area contributed by atoms with E-state index in [1.54, 1.807) is 12.3 Å². The summed E-state index contributed by atoms with van der Waals surface area (Å²) in [6, 6.07) is 1.57. The van der Waals surface area contributed by atoms with Crippen LogP contribution in [0.5, 0.6) is 0 Å². The van der Waals surface area contributed by atoms with E-state index < -0.39 is 25.1 Å². The summed E-state index contributed by atoms with van der Waals surface area (Å²) < 4.78 is 20.3. The summed E-state index contributed by atoms with van der Waals surface area (Å²) >= 11 is 0. The van der Waals surface area contributed by atoms with Gasteiger partial charge in [0.15, 0.2) is 0 Å². The van der Waals surface area contributed by atoms with Gasteiger partial charge in [-0.1, -0.05) is 13.8 Å². The van der Waals surface area contributed by atoms with Crippen LogP contribution in [-0.2, 0) is 14.0 Å². The van der Waals surface area contributed by atoms with Gasteiger partial charge >= 0.3 is 12.8 Å². The van der Waals surface area contributed by atoms with Crippen LogP contribution in [0.4, 0.5) is 5.82 Å². The average Bonchev–Trinajstić information content (AvgIpc) is 3.21. The molecule has 2 bridgehead atoms. The van der Waals surface area contributed by atoms with E-state index in [2.05, 4.69) is 25.8 Å². The summed E-state index contributed by atoms with van der Waals surface area (Å²) in [5, 5.41) is 9.88. The van der Waals surface area contributed by atoms with Gasteiger partial charge < -0.3 is 24.9 Å². The molecule has 152 valence electrons. The van der Waals surface area contributed by atoms with Gasteiger partial charge in [0, 0.05) is 12.0 Å². The van der Waals surface area contributed by atoms with E-state index in [0.29, 0.717) is 18.3 Å². The first-order valence-electron chi connectivity index (χ1n) is 10.2. The van der Waals surface area contributed by atoms with E-state index in [9.17, 15) is 9.90 Å². The molecule has 9 heteroatoms. The highest BCUT2D eigenvalue weighted by molar-refractivity contribution is 6.47. The fourth-order valence-corrected chi connectivity index (χ4v) is 6.11. The quantitative estimate of drug-likeness (QED) is 0.748. The normalized spacial score (nSPS) is 43.6. The number of hydrogen-bond donors (Lipinski definition) is 2. The number of aromatic nitrogens is 2. The first-order chi connectivity index (χ1) is 13.2. The lowest BCUT2D eigenvalue weighted by molar-refractivity contribution is -0.199. The van der Waals surface area contributed by atoms with E-state index in [-0.39, 0.29) is 35.4 Å². The number of nitrogens with two attached hydrogens (primary N) is 1. The average molecular weight is 389 g/mol. The van der Waals surface area contributed by atoms with Crippen molar-refractivity contribution in [3.63, 3.8) is 0 Å². The summed E-state index contributed by atoms with van der Waals surface area (Å²) in [7, 11) is -0.440. The third-order valence-electron chi connectivity index (χ3n) is 7.94. The Hall–Kier alpha value is -1.42. The van der Waals surface area contributed by atoms with Crippen molar-refractivity contribution in [1.29, 1.82) is 0 Å². The molecule has 3 saturated carbocycles. The largest absolute Gasteiger partial charge is 0.463 e. The molecule has 1 aromatic rings. The van der Waals surface area contributed by atoms with Crippen LogP contribution < -0.4 is 11.4 Å². The highest BCUT2D eigenvalue weighted by Crippen LogP contribution is 2.66. The first-order valence-corrected chi connectivity index (χ1v) is 10.2. The molecule has 2 aliphatic heterocycles. The molecular weight excluding hydrogens is 361 g/mol. The highest BCUT2D eigenvalue weighted by atomic mass is 16.7. The van der Waals surface area contributed by atoms with Crippen molar-refractivity contribution in [2.24, 2.45) is 17.3 Å². The molecule has 3 heterocycles. The molecule has 3 aliphatic carbocycles. The second-order valence-corrected chi connectivity index (χ2v) is 9.59. The molecule has 5 fully saturated rings. The second kappa shape index (κ2) is 6.04. The van der Waals surface area contributed by atoms with Gasteiger partial charge in [-0.3, -0.25) is 4.57 Å². The Morgan fingerprint density at radius 1 is 1.36 bits per heavy atom. The van der Waals surface area contributed by atoms with Gasteiger partial charge in [-0.2, -0.15) is 4.98 Å². The van der Waals surface area contributed by atoms with E-state index in [1.807, 2.05) is 0 Å². The minimum Gasteiger partial charge on any atom is -0.405 e. The molecule has 7 atom stereocenters. The number of aliphatic hydroxyl groups is 1. The van der Waals surface area contributed by atoms with Crippen molar-refractivity contribution in [2.75, 3.05) is 12.3 Å². The van der Waals surface area contributed by atoms with Gasteiger partial charge in [0.1, 0.15) is 12.0 Å². The Morgan fingerprint density at radius 2 is 2.14 bits per heavy atom. The number of anilines is 1. The molecular formula is C19H28BN3O5. The lowest BCUT2D eigenvalue weighted by Gasteiger charge is -2.64. The summed E-state index contributed by atoms with van der Waals surface area (Å²) in [4.78, 5) is 16.0. The van der Waals surface area contributed by atoms with Crippen molar-refractivity contribution in [3.8, 4) is 0 Å². The molecule has 0 aromatic carbocycles. The van der Waals surface area contributed by atoms with Crippen LogP contribution in [-0.4, -0.2) is 46.2 Å². The third-order valence-corrected chi connectivity index (χ3v) is 7.94. The maximum Gasteiger partial charge on any atom is 0.463 e. The van der Waals surface area contributed by atoms with Crippen LogP contribution in [0.2, 0.25) is 5.82 Å². The molecule has 3 N–H and O–H groups in total. The molecule has 28 heavy (non-hydrogen) atoms. The zero-order chi connectivity index (χ0) is 19.8. The van der Waals surface area contributed by atoms with Gasteiger partial charge in [0.2, 0.25) is 0 Å². The predicted octanol–water partition coefficient (Wildman–Crippen LogP) is 1.20. The Kier molecular flexibility index (Phi) is 4.02. The van der Waals surface area contributed by atoms with E-state index in [4.69, 9.17) is 19.8 Å². The topological polar surface area (TPSA) is 109 Å². The van der Waals surface area contributed by atoms with Gasteiger partial charge in [-0.25, -0.2) is 4.79 Å². The van der Waals surface area contributed by atoms with Gasteiger partial charge in [-0.15, -0.1) is 0 Å². The van der Waals surface area contributed by atoms with E-state index in [1.165, 1.54) is 11.0 Å². The molecule has 8 nitrogen and oxygen atoms in total. The van der Waals surface area contributed by atoms with E-state index in [0.717, 1.165) is 6.42 Å². The number of nitrogens with zero attached hydrogens (tertiary/aromatic N) is 2. The molecule has 2 saturated heterocycles. The Balaban J connectivity index is 1.37. The standard InChI is InChI=1S/C19H28BN3O5/c1-18(2)10-6-13(18)19(3)14(7-10)27-20(28-19)11-8-16(26-12(11)9-24)23-5-4-15(21)22-17(23)25/h4-5,10-14,16,24H,6-9H2,1-3H3,(H2,21,22,25)/t10-,11-,12+,13-,14+,16?,19-/m0/s1. The van der Waals surface area contributed by atoms with Gasteiger partial charge in [-0.05, 0) is 49.5 Å². The second-order valence-electron chi connectivity index (χ2n) is 9.59. The number of rotatable bonds is 3. The Bertz CT molecular complexity index is 847. The SMILES string of the molecule is CC1(C)[C@@H]2C[C@H]3OB([C@H]4CC(n5ccc(N)nc5=O)O[C@@H]4CO)O[C@@]3(C)[C@H]1C2. The van der Waals surface area contributed by atoms with Crippen molar-refractivity contribution < 1.29 is 19.2 Å². The third kappa shape index (κ3) is 2.46. The van der Waals surface area contributed by atoms with Gasteiger partial charge in [0.05, 0.1) is 24.4 Å². The van der Waals surface area contributed by atoms with Crippen LogP contribution >= 0.6 is 0 Å². The summed E-state index contributed by atoms with van der Waals surface area (Å²) in [6.07, 6.45) is 3.41.